The number of amides is 1. The number of benzene rings is 1. The third kappa shape index (κ3) is 4.92. The second-order valence-corrected chi connectivity index (χ2v) is 6.62. The molecule has 5 nitrogen and oxygen atoms in total. The molecule has 1 fully saturated rings. The summed E-state index contributed by atoms with van der Waals surface area (Å²) in [5.74, 6) is -1.17. The number of rotatable bonds is 6. The Morgan fingerprint density at radius 2 is 1.88 bits per heavy atom. The molecule has 1 aromatic rings. The first kappa shape index (κ1) is 17.7. The maximum Gasteiger partial charge on any atom is 0.310 e. The summed E-state index contributed by atoms with van der Waals surface area (Å²) in [5.41, 5.74) is 1.04. The summed E-state index contributed by atoms with van der Waals surface area (Å²) in [6.45, 7) is 1.49. The van der Waals surface area contributed by atoms with Crippen molar-refractivity contribution < 1.29 is 19.1 Å². The Balaban J connectivity index is 1.53. The van der Waals surface area contributed by atoms with Crippen LogP contribution in [0.15, 0.2) is 42.5 Å². The summed E-state index contributed by atoms with van der Waals surface area (Å²) in [7, 11) is 0. The number of carbonyl (C=O) groups is 2. The van der Waals surface area contributed by atoms with Gasteiger partial charge in [-0.05, 0) is 31.2 Å². The van der Waals surface area contributed by atoms with Crippen molar-refractivity contribution in [3.63, 3.8) is 0 Å². The van der Waals surface area contributed by atoms with Gasteiger partial charge >= 0.3 is 5.97 Å². The van der Waals surface area contributed by atoms with Crippen LogP contribution in [-0.4, -0.2) is 31.2 Å². The topological polar surface area (TPSA) is 64.6 Å². The van der Waals surface area contributed by atoms with Crippen molar-refractivity contribution in [3.05, 3.63) is 48.0 Å². The minimum Gasteiger partial charge on any atom is -0.463 e. The van der Waals surface area contributed by atoms with Crippen LogP contribution in [0.4, 0.5) is 0 Å². The Hall–Kier alpha value is -2.14. The molecule has 0 radical (unpaired) electrons. The summed E-state index contributed by atoms with van der Waals surface area (Å²) >= 11 is 0. The average Bonchev–Trinajstić information content (AvgIpc) is 3.18. The van der Waals surface area contributed by atoms with Gasteiger partial charge in [-0.25, -0.2) is 0 Å². The molecule has 1 aliphatic carbocycles. The zero-order valence-electron chi connectivity index (χ0n) is 14.4. The van der Waals surface area contributed by atoms with E-state index in [-0.39, 0.29) is 30.5 Å². The Kier molecular flexibility index (Phi) is 6.23. The molecule has 1 amide bonds. The van der Waals surface area contributed by atoms with Gasteiger partial charge in [0.2, 0.25) is 5.91 Å². The molecule has 3 atom stereocenters. The SMILES string of the molecule is O=C(OC[C@@H]1CCCO1)[C@H]1CC=CC[C@H]1C(=O)NCc1ccccc1. The molecule has 1 saturated heterocycles. The Bertz CT molecular complexity index is 607. The second kappa shape index (κ2) is 8.81. The van der Waals surface area contributed by atoms with E-state index in [4.69, 9.17) is 9.47 Å². The van der Waals surface area contributed by atoms with Crippen molar-refractivity contribution in [1.29, 1.82) is 0 Å². The van der Waals surface area contributed by atoms with Crippen LogP contribution >= 0.6 is 0 Å². The number of nitrogens with one attached hydrogen (secondary N) is 1. The van der Waals surface area contributed by atoms with Gasteiger partial charge < -0.3 is 14.8 Å². The van der Waals surface area contributed by atoms with Gasteiger partial charge in [0.05, 0.1) is 17.9 Å². The number of hydrogen-bond donors (Lipinski definition) is 1. The van der Waals surface area contributed by atoms with Gasteiger partial charge in [-0.15, -0.1) is 0 Å². The lowest BCUT2D eigenvalue weighted by Gasteiger charge is -2.26. The van der Waals surface area contributed by atoms with Crippen LogP contribution in [0.1, 0.15) is 31.2 Å². The smallest absolute Gasteiger partial charge is 0.310 e. The van der Waals surface area contributed by atoms with Crippen LogP contribution in [0.25, 0.3) is 0 Å². The number of esters is 1. The summed E-state index contributed by atoms with van der Waals surface area (Å²) < 4.78 is 10.9. The normalized spacial score (nSPS) is 25.5. The van der Waals surface area contributed by atoms with Gasteiger partial charge in [0, 0.05) is 13.2 Å². The van der Waals surface area contributed by atoms with E-state index in [1.54, 1.807) is 0 Å². The van der Waals surface area contributed by atoms with Gasteiger partial charge in [0.1, 0.15) is 6.61 Å². The molecule has 1 heterocycles. The fraction of sp³-hybridized carbons (Fsp3) is 0.500. The summed E-state index contributed by atoms with van der Waals surface area (Å²) in [5, 5.41) is 2.95. The molecule has 0 unspecified atom stereocenters. The molecule has 134 valence electrons. The molecule has 0 bridgehead atoms. The second-order valence-electron chi connectivity index (χ2n) is 6.62. The zero-order chi connectivity index (χ0) is 17.5. The van der Waals surface area contributed by atoms with Gasteiger partial charge in [-0.2, -0.15) is 0 Å². The largest absolute Gasteiger partial charge is 0.463 e. The van der Waals surface area contributed by atoms with Gasteiger partial charge in [-0.1, -0.05) is 42.5 Å². The van der Waals surface area contributed by atoms with E-state index in [0.29, 0.717) is 19.4 Å². The highest BCUT2D eigenvalue weighted by Crippen LogP contribution is 2.27. The number of carbonyl (C=O) groups excluding carboxylic acids is 2. The molecule has 3 rings (SSSR count). The average molecular weight is 343 g/mol. The molecule has 1 aliphatic heterocycles. The van der Waals surface area contributed by atoms with Crippen LogP contribution < -0.4 is 5.32 Å². The standard InChI is InChI=1S/C20H25NO4/c22-19(21-13-15-7-2-1-3-8-15)17-10-4-5-11-18(17)20(23)25-14-16-9-6-12-24-16/h1-5,7-8,16-18H,6,9-14H2,(H,21,22)/t16-,17+,18-/m0/s1. The van der Waals surface area contributed by atoms with Crippen molar-refractivity contribution in [2.24, 2.45) is 11.8 Å². The van der Waals surface area contributed by atoms with Crippen molar-refractivity contribution in [1.82, 2.24) is 5.32 Å². The lowest BCUT2D eigenvalue weighted by Crippen LogP contribution is -2.39. The first-order valence-electron chi connectivity index (χ1n) is 8.99. The van der Waals surface area contributed by atoms with Crippen molar-refractivity contribution in [2.45, 2.75) is 38.3 Å². The van der Waals surface area contributed by atoms with Gasteiger partial charge in [0.25, 0.3) is 0 Å². The van der Waals surface area contributed by atoms with Crippen LogP contribution in [0.2, 0.25) is 0 Å². The molecule has 2 aliphatic rings. The van der Waals surface area contributed by atoms with E-state index in [0.717, 1.165) is 25.0 Å². The first-order valence-corrected chi connectivity index (χ1v) is 8.99. The fourth-order valence-corrected chi connectivity index (χ4v) is 3.34. The minimum atomic E-state index is -0.415. The highest BCUT2D eigenvalue weighted by atomic mass is 16.6. The summed E-state index contributed by atoms with van der Waals surface area (Å²) in [4.78, 5) is 25.0. The summed E-state index contributed by atoms with van der Waals surface area (Å²) in [6, 6.07) is 9.76. The van der Waals surface area contributed by atoms with E-state index in [1.165, 1.54) is 0 Å². The van der Waals surface area contributed by atoms with Crippen molar-refractivity contribution in [3.8, 4) is 0 Å². The van der Waals surface area contributed by atoms with E-state index in [1.807, 2.05) is 42.5 Å². The van der Waals surface area contributed by atoms with Crippen LogP contribution in [0.5, 0.6) is 0 Å². The molecule has 1 N–H and O–H groups in total. The lowest BCUT2D eigenvalue weighted by molar-refractivity contribution is -0.156. The molecular formula is C20H25NO4. The maximum atomic E-state index is 12.6. The summed E-state index contributed by atoms with van der Waals surface area (Å²) in [6.07, 6.45) is 7.00. The monoisotopic (exact) mass is 343 g/mol. The van der Waals surface area contributed by atoms with E-state index >= 15 is 0 Å². The van der Waals surface area contributed by atoms with E-state index < -0.39 is 5.92 Å². The van der Waals surface area contributed by atoms with Crippen LogP contribution in [0, 0.1) is 11.8 Å². The molecule has 25 heavy (non-hydrogen) atoms. The highest BCUT2D eigenvalue weighted by molar-refractivity contribution is 5.86. The molecule has 0 spiro atoms. The molecule has 0 aromatic heterocycles. The van der Waals surface area contributed by atoms with E-state index in [2.05, 4.69) is 5.32 Å². The maximum absolute atomic E-state index is 12.6. The zero-order valence-corrected chi connectivity index (χ0v) is 14.4. The quantitative estimate of drug-likeness (QED) is 0.637. The van der Waals surface area contributed by atoms with Gasteiger partial charge in [0.15, 0.2) is 0 Å². The fourth-order valence-electron chi connectivity index (χ4n) is 3.34. The first-order chi connectivity index (χ1) is 12.2. The van der Waals surface area contributed by atoms with Crippen molar-refractivity contribution in [2.75, 3.05) is 13.2 Å². The molecular weight excluding hydrogens is 318 g/mol. The third-order valence-electron chi connectivity index (χ3n) is 4.82. The van der Waals surface area contributed by atoms with Crippen molar-refractivity contribution >= 4 is 11.9 Å². The van der Waals surface area contributed by atoms with E-state index in [9.17, 15) is 9.59 Å². The van der Waals surface area contributed by atoms with Crippen LogP contribution in [-0.2, 0) is 25.6 Å². The third-order valence-corrected chi connectivity index (χ3v) is 4.82. The number of ether oxygens (including phenoxy) is 2. The van der Waals surface area contributed by atoms with Crippen LogP contribution in [0.3, 0.4) is 0 Å². The number of allylic oxidation sites excluding steroid dienone is 2. The number of hydrogen-bond acceptors (Lipinski definition) is 4. The Morgan fingerprint density at radius 1 is 1.12 bits per heavy atom. The van der Waals surface area contributed by atoms with Gasteiger partial charge in [-0.3, -0.25) is 9.59 Å². The molecule has 5 heteroatoms. The Morgan fingerprint density at radius 3 is 2.60 bits per heavy atom. The highest BCUT2D eigenvalue weighted by Gasteiger charge is 2.35. The lowest BCUT2D eigenvalue weighted by atomic mass is 9.82. The molecule has 0 saturated carbocycles. The predicted octanol–water partition coefficient (Wildman–Crippen LogP) is 2.61. The minimum absolute atomic E-state index is 0.00781. The predicted molar refractivity (Wildman–Crippen MR) is 93.6 cm³/mol. The Labute approximate surface area is 148 Å². The molecule has 1 aromatic carbocycles.